The maximum atomic E-state index is 13.2. The Morgan fingerprint density at radius 1 is 0.455 bits per heavy atom. The molecule has 0 saturated heterocycles. The number of rotatable bonds is 49. The molecule has 0 bridgehead atoms. The van der Waals surface area contributed by atoms with Gasteiger partial charge in [0, 0.05) is 6.42 Å². The Hall–Kier alpha value is -2.96. The normalized spacial score (nSPS) is 13.8. The van der Waals surface area contributed by atoms with E-state index in [0.29, 0.717) is 25.7 Å². The van der Waals surface area contributed by atoms with Gasteiger partial charge < -0.3 is 20.3 Å². The predicted octanol–water partition coefficient (Wildman–Crippen LogP) is 17.1. The van der Waals surface area contributed by atoms with Gasteiger partial charge >= 0.3 is 5.97 Å². The van der Waals surface area contributed by atoms with Gasteiger partial charge in [0.15, 0.2) is 0 Å². The Labute approximate surface area is 408 Å². The molecule has 3 atom stereocenters. The number of carbonyl (C=O) groups is 2. The molecule has 1 amide bonds. The average molecular weight is 921 g/mol. The molecule has 0 aliphatic carbocycles. The minimum absolute atomic E-state index is 0.0297. The molecule has 380 valence electrons. The summed E-state index contributed by atoms with van der Waals surface area (Å²) in [7, 11) is 0. The van der Waals surface area contributed by atoms with E-state index >= 15 is 0 Å². The molecule has 0 fully saturated rings. The first-order valence-electron chi connectivity index (χ1n) is 27.8. The second-order valence-corrected chi connectivity index (χ2v) is 18.7. The topological polar surface area (TPSA) is 95.9 Å². The molecule has 3 N–H and O–H groups in total. The summed E-state index contributed by atoms with van der Waals surface area (Å²) in [6.07, 6.45) is 69.3. The number of ether oxygens (including phenoxy) is 1. The molecule has 0 aromatic heterocycles. The maximum absolute atomic E-state index is 13.2. The number of hydrogen-bond acceptors (Lipinski definition) is 5. The molecule has 6 heteroatoms. The van der Waals surface area contributed by atoms with E-state index in [2.05, 4.69) is 111 Å². The minimum Gasteiger partial charge on any atom is -0.462 e. The number of unbranched alkanes of at least 4 members (excludes halogenated alkanes) is 25. The standard InChI is InChI=1S/C60H105NO5/c1-4-7-10-13-16-19-22-25-28-30-32-35-38-41-44-47-50-53-60(65)66-56(51-48-45-42-39-36-33-31-29-26-23-20-17-14-11-8-5-2)54-59(64)61-57(55-62)58(63)52-49-46-43-40-37-34-27-24-21-18-15-12-9-6-3/h16,19,23,25-26,28-29,31-33,35-36,41,44,56-58,62-63H,4-15,17-18,20-22,24,27,30,34,37-40,42-43,45-55H2,1-3H3,(H,61,64)/b19-16-,26-23+,28-25-,31-29+,35-32-,36-33+,44-41-. The van der Waals surface area contributed by atoms with Crippen molar-refractivity contribution in [1.82, 2.24) is 5.32 Å². The molecule has 0 aromatic carbocycles. The van der Waals surface area contributed by atoms with Gasteiger partial charge in [0.2, 0.25) is 5.91 Å². The zero-order valence-electron chi connectivity index (χ0n) is 43.3. The van der Waals surface area contributed by atoms with Crippen molar-refractivity contribution in [2.24, 2.45) is 0 Å². The van der Waals surface area contributed by atoms with Crippen LogP contribution >= 0.6 is 0 Å². The molecule has 0 spiro atoms. The van der Waals surface area contributed by atoms with E-state index in [1.807, 2.05) is 0 Å². The lowest BCUT2D eigenvalue weighted by Crippen LogP contribution is -2.46. The van der Waals surface area contributed by atoms with E-state index in [-0.39, 0.29) is 24.9 Å². The van der Waals surface area contributed by atoms with Crippen molar-refractivity contribution < 1.29 is 24.5 Å². The number of nitrogens with one attached hydrogen (secondary N) is 1. The van der Waals surface area contributed by atoms with Gasteiger partial charge in [0.05, 0.1) is 25.2 Å². The SMILES string of the molecule is CCCCC/C=C\C/C=C\C/C=C\C/C=C\CCCC(=O)OC(CCCCC/C=C/C=C/C=C/CCCCCCC)CC(=O)NC(CO)C(O)CCCCCCCCCCCCCCCC. The van der Waals surface area contributed by atoms with Gasteiger partial charge in [-0.3, -0.25) is 9.59 Å². The third-order valence-corrected chi connectivity index (χ3v) is 12.3. The fourth-order valence-corrected chi connectivity index (χ4v) is 8.01. The number of carbonyl (C=O) groups excluding carboxylic acids is 2. The zero-order valence-corrected chi connectivity index (χ0v) is 43.3. The van der Waals surface area contributed by atoms with Crippen LogP contribution in [-0.4, -0.2) is 46.9 Å². The summed E-state index contributed by atoms with van der Waals surface area (Å²) in [5, 5.41) is 23.8. The zero-order chi connectivity index (χ0) is 48.1. The largest absolute Gasteiger partial charge is 0.462 e. The van der Waals surface area contributed by atoms with Crippen LogP contribution in [0.4, 0.5) is 0 Å². The fraction of sp³-hybridized carbons (Fsp3) is 0.733. The van der Waals surface area contributed by atoms with E-state index in [1.54, 1.807) is 0 Å². The third kappa shape index (κ3) is 47.5. The highest BCUT2D eigenvalue weighted by Gasteiger charge is 2.24. The lowest BCUT2D eigenvalue weighted by Gasteiger charge is -2.24. The summed E-state index contributed by atoms with van der Waals surface area (Å²) in [5.41, 5.74) is 0. The Morgan fingerprint density at radius 2 is 0.833 bits per heavy atom. The first kappa shape index (κ1) is 63.0. The smallest absolute Gasteiger partial charge is 0.306 e. The lowest BCUT2D eigenvalue weighted by atomic mass is 10.0. The van der Waals surface area contributed by atoms with Crippen LogP contribution in [-0.2, 0) is 14.3 Å². The lowest BCUT2D eigenvalue weighted by molar-refractivity contribution is -0.151. The van der Waals surface area contributed by atoms with Crippen LogP contribution in [0.15, 0.2) is 85.1 Å². The van der Waals surface area contributed by atoms with Crippen LogP contribution in [0.3, 0.4) is 0 Å². The molecule has 66 heavy (non-hydrogen) atoms. The third-order valence-electron chi connectivity index (χ3n) is 12.3. The van der Waals surface area contributed by atoms with E-state index in [4.69, 9.17) is 4.74 Å². The highest BCUT2D eigenvalue weighted by atomic mass is 16.5. The van der Waals surface area contributed by atoms with Gasteiger partial charge in [-0.05, 0) is 89.9 Å². The Morgan fingerprint density at radius 3 is 1.33 bits per heavy atom. The van der Waals surface area contributed by atoms with Crippen LogP contribution in [0.2, 0.25) is 0 Å². The summed E-state index contributed by atoms with van der Waals surface area (Å²) in [4.78, 5) is 26.2. The van der Waals surface area contributed by atoms with Crippen LogP contribution in [0.25, 0.3) is 0 Å². The molecular weight excluding hydrogens is 815 g/mol. The molecular formula is C60H105NO5. The van der Waals surface area contributed by atoms with E-state index in [1.165, 1.54) is 128 Å². The van der Waals surface area contributed by atoms with E-state index < -0.39 is 18.2 Å². The van der Waals surface area contributed by atoms with Crippen molar-refractivity contribution in [1.29, 1.82) is 0 Å². The number of aliphatic hydroxyl groups excluding tert-OH is 2. The molecule has 0 radical (unpaired) electrons. The van der Waals surface area contributed by atoms with Gasteiger partial charge in [-0.25, -0.2) is 0 Å². The van der Waals surface area contributed by atoms with Gasteiger partial charge in [-0.2, -0.15) is 0 Å². The Kier molecular flexibility index (Phi) is 50.6. The number of allylic oxidation sites excluding steroid dienone is 14. The average Bonchev–Trinajstić information content (AvgIpc) is 3.31. The molecule has 3 unspecified atom stereocenters. The van der Waals surface area contributed by atoms with Gasteiger partial charge in [-0.1, -0.05) is 241 Å². The molecule has 0 aromatic rings. The first-order valence-corrected chi connectivity index (χ1v) is 27.8. The van der Waals surface area contributed by atoms with Crippen LogP contribution in [0, 0.1) is 0 Å². The van der Waals surface area contributed by atoms with Crippen LogP contribution < -0.4 is 5.32 Å². The quantitative estimate of drug-likeness (QED) is 0.0245. The molecule has 6 nitrogen and oxygen atoms in total. The summed E-state index contributed by atoms with van der Waals surface area (Å²) < 4.78 is 5.91. The Balaban J connectivity index is 4.74. The summed E-state index contributed by atoms with van der Waals surface area (Å²) in [6.45, 7) is 6.42. The summed E-state index contributed by atoms with van der Waals surface area (Å²) in [6, 6.07) is -0.729. The van der Waals surface area contributed by atoms with Crippen molar-refractivity contribution >= 4 is 11.9 Å². The predicted molar refractivity (Wildman–Crippen MR) is 287 cm³/mol. The van der Waals surface area contributed by atoms with Crippen molar-refractivity contribution in [2.75, 3.05) is 6.61 Å². The molecule has 0 aliphatic heterocycles. The highest BCUT2D eigenvalue weighted by molar-refractivity contribution is 5.77. The van der Waals surface area contributed by atoms with Crippen LogP contribution in [0.1, 0.15) is 258 Å². The highest BCUT2D eigenvalue weighted by Crippen LogP contribution is 2.17. The number of aliphatic hydroxyl groups is 2. The molecule has 0 aliphatic rings. The Bertz CT molecular complexity index is 1260. The van der Waals surface area contributed by atoms with Gasteiger partial charge in [-0.15, -0.1) is 0 Å². The van der Waals surface area contributed by atoms with E-state index in [9.17, 15) is 19.8 Å². The second-order valence-electron chi connectivity index (χ2n) is 18.7. The van der Waals surface area contributed by atoms with Crippen molar-refractivity contribution in [2.45, 2.75) is 277 Å². The van der Waals surface area contributed by atoms with Gasteiger partial charge in [0.1, 0.15) is 6.10 Å². The molecule has 0 heterocycles. The monoisotopic (exact) mass is 920 g/mol. The molecule has 0 rings (SSSR count). The van der Waals surface area contributed by atoms with Crippen molar-refractivity contribution in [3.05, 3.63) is 85.1 Å². The maximum Gasteiger partial charge on any atom is 0.306 e. The van der Waals surface area contributed by atoms with Crippen LogP contribution in [0.5, 0.6) is 0 Å². The van der Waals surface area contributed by atoms with E-state index in [0.717, 1.165) is 77.0 Å². The fourth-order valence-electron chi connectivity index (χ4n) is 8.01. The number of hydrogen-bond donors (Lipinski definition) is 3. The summed E-state index contributed by atoms with van der Waals surface area (Å²) in [5.74, 6) is -0.575. The number of amides is 1. The second kappa shape index (κ2) is 53.0. The van der Waals surface area contributed by atoms with Crippen molar-refractivity contribution in [3.8, 4) is 0 Å². The minimum atomic E-state index is -0.811. The van der Waals surface area contributed by atoms with Crippen molar-refractivity contribution in [3.63, 3.8) is 0 Å². The van der Waals surface area contributed by atoms with Gasteiger partial charge in [0.25, 0.3) is 0 Å². The summed E-state index contributed by atoms with van der Waals surface area (Å²) >= 11 is 0. The first-order chi connectivity index (χ1) is 32.5. The number of esters is 1. The molecule has 0 saturated carbocycles.